The zero-order valence-electron chi connectivity index (χ0n) is 11.2. The minimum absolute atomic E-state index is 0.347. The van der Waals surface area contributed by atoms with Crippen molar-refractivity contribution in [1.29, 1.82) is 0 Å². The van der Waals surface area contributed by atoms with Gasteiger partial charge in [-0.3, -0.25) is 0 Å². The molecule has 1 heterocycles. The van der Waals surface area contributed by atoms with Crippen LogP contribution < -0.4 is 5.32 Å². The van der Waals surface area contributed by atoms with Crippen LogP contribution in [0.2, 0.25) is 5.02 Å². The Bertz CT molecular complexity index is 459. The minimum Gasteiger partial charge on any atom is -0.345 e. The van der Waals surface area contributed by atoms with Gasteiger partial charge in [0.2, 0.25) is 0 Å². The molecule has 3 rings (SSSR count). The average Bonchev–Trinajstić information content (AvgIpc) is 2.90. The highest BCUT2D eigenvalue weighted by atomic mass is 35.5. The summed E-state index contributed by atoms with van der Waals surface area (Å²) in [6.07, 6.45) is 4.18. The van der Waals surface area contributed by atoms with Gasteiger partial charge in [-0.15, -0.1) is 0 Å². The van der Waals surface area contributed by atoms with Gasteiger partial charge in [0.05, 0.1) is 18.8 Å². The first-order valence-corrected chi connectivity index (χ1v) is 7.34. The summed E-state index contributed by atoms with van der Waals surface area (Å²) in [5.41, 5.74) is 0.737. The van der Waals surface area contributed by atoms with Crippen LogP contribution in [0.1, 0.15) is 31.2 Å². The van der Waals surface area contributed by atoms with Crippen LogP contribution in [-0.2, 0) is 15.0 Å². The van der Waals surface area contributed by atoms with Crippen molar-refractivity contribution in [2.24, 2.45) is 0 Å². The predicted octanol–water partition coefficient (Wildman–Crippen LogP) is 3.07. The van der Waals surface area contributed by atoms with E-state index in [9.17, 15) is 0 Å². The third-order valence-corrected chi connectivity index (χ3v) is 4.80. The van der Waals surface area contributed by atoms with E-state index in [1.165, 1.54) is 0 Å². The molecule has 2 fully saturated rings. The molecule has 1 aromatic carbocycles. The Balaban J connectivity index is 2.12. The standard InChI is InChI=1S/C15H20ClNO2/c1-17-14(12-6-2-3-7-13(12)16)8-4-5-9-15(14)18-10-11-19-15/h2-3,6-7,17H,4-5,8-11H2,1H3. The largest absolute Gasteiger partial charge is 0.345 e. The van der Waals surface area contributed by atoms with E-state index in [4.69, 9.17) is 21.1 Å². The van der Waals surface area contributed by atoms with E-state index in [1.807, 2.05) is 25.2 Å². The molecule has 1 aromatic rings. The van der Waals surface area contributed by atoms with E-state index >= 15 is 0 Å². The van der Waals surface area contributed by atoms with Crippen molar-refractivity contribution in [3.05, 3.63) is 34.9 Å². The van der Waals surface area contributed by atoms with Crippen LogP contribution in [0.5, 0.6) is 0 Å². The van der Waals surface area contributed by atoms with Gasteiger partial charge in [0.1, 0.15) is 0 Å². The SMILES string of the molecule is CNC1(c2ccccc2Cl)CCCCC12OCCO2. The number of halogens is 1. The van der Waals surface area contributed by atoms with Crippen molar-refractivity contribution in [3.63, 3.8) is 0 Å². The molecule has 1 spiro atoms. The molecule has 1 unspecified atom stereocenters. The second-order valence-electron chi connectivity index (χ2n) is 5.29. The summed E-state index contributed by atoms with van der Waals surface area (Å²) >= 11 is 6.44. The van der Waals surface area contributed by atoms with E-state index in [2.05, 4.69) is 11.4 Å². The summed E-state index contributed by atoms with van der Waals surface area (Å²) in [7, 11) is 1.97. The molecular weight excluding hydrogens is 262 g/mol. The summed E-state index contributed by atoms with van der Waals surface area (Å²) in [5.74, 6) is -0.564. The van der Waals surface area contributed by atoms with Gasteiger partial charge in [0, 0.05) is 11.4 Å². The molecule has 19 heavy (non-hydrogen) atoms. The fourth-order valence-electron chi connectivity index (χ4n) is 3.59. The number of likely N-dealkylation sites (N-methyl/N-ethyl adjacent to an activating group) is 1. The second-order valence-corrected chi connectivity index (χ2v) is 5.70. The third-order valence-electron chi connectivity index (χ3n) is 4.47. The lowest BCUT2D eigenvalue weighted by molar-refractivity contribution is -0.234. The predicted molar refractivity (Wildman–Crippen MR) is 75.3 cm³/mol. The van der Waals surface area contributed by atoms with Crippen LogP contribution in [0, 0.1) is 0 Å². The fraction of sp³-hybridized carbons (Fsp3) is 0.600. The van der Waals surface area contributed by atoms with E-state index < -0.39 is 5.79 Å². The Kier molecular flexibility index (Phi) is 3.56. The van der Waals surface area contributed by atoms with E-state index in [0.29, 0.717) is 13.2 Å². The van der Waals surface area contributed by atoms with Crippen LogP contribution in [0.4, 0.5) is 0 Å². The first kappa shape index (κ1) is 13.4. The number of rotatable bonds is 2. The summed E-state index contributed by atoms with van der Waals surface area (Å²) in [6, 6.07) is 8.00. The lowest BCUT2D eigenvalue weighted by atomic mass is 9.71. The molecule has 0 radical (unpaired) electrons. The Labute approximate surface area is 119 Å². The lowest BCUT2D eigenvalue weighted by Gasteiger charge is -2.50. The summed E-state index contributed by atoms with van der Waals surface area (Å²) < 4.78 is 12.1. The zero-order chi connectivity index (χ0) is 13.3. The first-order chi connectivity index (χ1) is 9.24. The molecule has 4 heteroatoms. The maximum atomic E-state index is 6.44. The quantitative estimate of drug-likeness (QED) is 0.904. The molecule has 104 valence electrons. The monoisotopic (exact) mass is 281 g/mol. The van der Waals surface area contributed by atoms with Crippen LogP contribution in [0.15, 0.2) is 24.3 Å². The number of ether oxygens (including phenoxy) is 2. The normalized spacial score (nSPS) is 29.8. The Hall–Kier alpha value is -0.610. The summed E-state index contributed by atoms with van der Waals surface area (Å²) in [4.78, 5) is 0. The van der Waals surface area contributed by atoms with Crippen LogP contribution in [0.3, 0.4) is 0 Å². The van der Waals surface area contributed by atoms with Gasteiger partial charge in [-0.2, -0.15) is 0 Å². The molecule has 1 atom stereocenters. The van der Waals surface area contributed by atoms with Crippen molar-refractivity contribution in [3.8, 4) is 0 Å². The van der Waals surface area contributed by atoms with Gasteiger partial charge in [0.25, 0.3) is 0 Å². The van der Waals surface area contributed by atoms with Gasteiger partial charge in [0.15, 0.2) is 5.79 Å². The molecular formula is C15H20ClNO2. The van der Waals surface area contributed by atoms with Gasteiger partial charge < -0.3 is 14.8 Å². The molecule has 2 aliphatic rings. The maximum absolute atomic E-state index is 6.44. The van der Waals surface area contributed by atoms with Crippen molar-refractivity contribution >= 4 is 11.6 Å². The Morgan fingerprint density at radius 3 is 2.47 bits per heavy atom. The lowest BCUT2D eigenvalue weighted by Crippen LogP contribution is -2.61. The molecule has 0 bridgehead atoms. The maximum Gasteiger partial charge on any atom is 0.190 e. The smallest absolute Gasteiger partial charge is 0.190 e. The molecule has 3 nitrogen and oxygen atoms in total. The Morgan fingerprint density at radius 2 is 1.79 bits per heavy atom. The highest BCUT2D eigenvalue weighted by Gasteiger charge is 2.57. The average molecular weight is 282 g/mol. The van der Waals surface area contributed by atoms with Gasteiger partial charge in [-0.1, -0.05) is 36.2 Å². The molecule has 0 amide bonds. The molecule has 0 aromatic heterocycles. The molecule has 1 aliphatic carbocycles. The van der Waals surface area contributed by atoms with Crippen LogP contribution >= 0.6 is 11.6 Å². The minimum atomic E-state index is -0.564. The molecule has 1 saturated heterocycles. The van der Waals surface area contributed by atoms with Crippen molar-refractivity contribution in [2.75, 3.05) is 20.3 Å². The highest BCUT2D eigenvalue weighted by molar-refractivity contribution is 6.31. The van der Waals surface area contributed by atoms with Crippen molar-refractivity contribution in [2.45, 2.75) is 37.0 Å². The number of nitrogens with one attached hydrogen (secondary N) is 1. The summed E-state index contributed by atoms with van der Waals surface area (Å²) in [6.45, 7) is 1.32. The number of benzene rings is 1. The highest BCUT2D eigenvalue weighted by Crippen LogP contribution is 2.50. The van der Waals surface area contributed by atoms with E-state index in [1.54, 1.807) is 0 Å². The summed E-state index contributed by atoms with van der Waals surface area (Å²) in [5, 5.41) is 4.25. The second kappa shape index (κ2) is 5.06. The van der Waals surface area contributed by atoms with E-state index in [-0.39, 0.29) is 5.54 Å². The van der Waals surface area contributed by atoms with Gasteiger partial charge in [-0.25, -0.2) is 0 Å². The van der Waals surface area contributed by atoms with Crippen LogP contribution in [-0.4, -0.2) is 26.0 Å². The number of hydrogen-bond donors (Lipinski definition) is 1. The zero-order valence-corrected chi connectivity index (χ0v) is 12.0. The number of hydrogen-bond acceptors (Lipinski definition) is 3. The topological polar surface area (TPSA) is 30.5 Å². The van der Waals surface area contributed by atoms with Gasteiger partial charge in [-0.05, 0) is 31.5 Å². The third kappa shape index (κ3) is 1.91. The van der Waals surface area contributed by atoms with Crippen molar-refractivity contribution < 1.29 is 9.47 Å². The van der Waals surface area contributed by atoms with E-state index in [0.717, 1.165) is 36.3 Å². The van der Waals surface area contributed by atoms with Crippen LogP contribution in [0.25, 0.3) is 0 Å². The Morgan fingerprint density at radius 1 is 1.11 bits per heavy atom. The fourth-order valence-corrected chi connectivity index (χ4v) is 3.89. The first-order valence-electron chi connectivity index (χ1n) is 6.96. The van der Waals surface area contributed by atoms with Crippen molar-refractivity contribution in [1.82, 2.24) is 5.32 Å². The molecule has 1 aliphatic heterocycles. The van der Waals surface area contributed by atoms with Gasteiger partial charge >= 0.3 is 0 Å². The molecule has 1 saturated carbocycles. The molecule has 1 N–H and O–H groups in total.